The van der Waals surface area contributed by atoms with Crippen molar-refractivity contribution in [2.45, 2.75) is 39.6 Å². The van der Waals surface area contributed by atoms with Crippen LogP contribution in [0.15, 0.2) is 22.7 Å². The molecule has 110 valence electrons. The van der Waals surface area contributed by atoms with E-state index in [1.165, 1.54) is 0 Å². The number of hydrogen-bond acceptors (Lipinski definition) is 3. The smallest absolute Gasteiger partial charge is 0.160 e. The number of hydrogen-bond donors (Lipinski definition) is 0. The first-order chi connectivity index (χ1) is 10.0. The van der Waals surface area contributed by atoms with Crippen LogP contribution in [0, 0.1) is 20.8 Å². The van der Waals surface area contributed by atoms with Gasteiger partial charge in [-0.15, -0.1) is 11.6 Å². The molecule has 0 fully saturated rings. The number of furan rings is 1. The molecule has 0 aromatic carbocycles. The molecule has 0 spiro atoms. The Hall–Kier alpha value is -1.81. The van der Waals surface area contributed by atoms with Crippen molar-refractivity contribution in [3.05, 3.63) is 46.8 Å². The predicted octanol–water partition coefficient (Wildman–Crippen LogP) is 4.30. The Labute approximate surface area is 128 Å². The van der Waals surface area contributed by atoms with Crippen LogP contribution in [0.5, 0.6) is 0 Å². The van der Waals surface area contributed by atoms with Gasteiger partial charge in [0.15, 0.2) is 5.65 Å². The average Bonchev–Trinajstić information content (AvgIpc) is 2.97. The van der Waals surface area contributed by atoms with E-state index in [0.717, 1.165) is 39.6 Å². The van der Waals surface area contributed by atoms with Crippen LogP contribution in [0.1, 0.15) is 41.4 Å². The van der Waals surface area contributed by atoms with Gasteiger partial charge in [0.05, 0.1) is 11.9 Å². The van der Waals surface area contributed by atoms with E-state index in [1.54, 1.807) is 0 Å². The van der Waals surface area contributed by atoms with Crippen molar-refractivity contribution in [2.75, 3.05) is 0 Å². The van der Waals surface area contributed by atoms with Crippen molar-refractivity contribution in [3.8, 4) is 0 Å². The third kappa shape index (κ3) is 2.33. The van der Waals surface area contributed by atoms with Crippen LogP contribution < -0.4 is 0 Å². The Kier molecular flexibility index (Phi) is 3.49. The van der Waals surface area contributed by atoms with Gasteiger partial charge in [-0.3, -0.25) is 0 Å². The molecule has 0 aliphatic rings. The maximum Gasteiger partial charge on any atom is 0.160 e. The molecule has 4 nitrogen and oxygen atoms in total. The zero-order valence-corrected chi connectivity index (χ0v) is 13.4. The Balaban J connectivity index is 2.20. The number of alkyl halides is 1. The molecule has 21 heavy (non-hydrogen) atoms. The van der Waals surface area contributed by atoms with Gasteiger partial charge in [-0.1, -0.05) is 0 Å². The molecule has 5 heteroatoms. The van der Waals surface area contributed by atoms with E-state index in [-0.39, 0.29) is 6.04 Å². The van der Waals surface area contributed by atoms with Crippen LogP contribution >= 0.6 is 11.6 Å². The first kappa shape index (κ1) is 14.1. The van der Waals surface area contributed by atoms with Gasteiger partial charge in [-0.05, 0) is 45.4 Å². The number of imidazole rings is 1. The molecule has 3 aromatic rings. The molecule has 0 aliphatic heterocycles. The zero-order valence-electron chi connectivity index (χ0n) is 12.6. The minimum Gasteiger partial charge on any atom is -0.466 e. The Bertz CT molecular complexity index is 803. The molecular weight excluding hydrogens is 286 g/mol. The van der Waals surface area contributed by atoms with Crippen LogP contribution in [-0.4, -0.2) is 14.5 Å². The van der Waals surface area contributed by atoms with Crippen molar-refractivity contribution in [1.29, 1.82) is 0 Å². The van der Waals surface area contributed by atoms with Gasteiger partial charge in [0, 0.05) is 11.8 Å². The highest BCUT2D eigenvalue weighted by molar-refractivity contribution is 6.16. The van der Waals surface area contributed by atoms with Gasteiger partial charge in [0.25, 0.3) is 0 Å². The van der Waals surface area contributed by atoms with Crippen LogP contribution in [-0.2, 0) is 5.88 Å². The summed E-state index contributed by atoms with van der Waals surface area (Å²) < 4.78 is 7.75. The molecule has 1 unspecified atom stereocenters. The molecule has 0 saturated carbocycles. The topological polar surface area (TPSA) is 43.9 Å². The fourth-order valence-corrected chi connectivity index (χ4v) is 3.02. The molecule has 3 rings (SSSR count). The molecule has 3 aromatic heterocycles. The summed E-state index contributed by atoms with van der Waals surface area (Å²) in [6.45, 7) is 8.07. The predicted molar refractivity (Wildman–Crippen MR) is 83.8 cm³/mol. The minimum absolute atomic E-state index is 0.0800. The molecule has 0 radical (unpaired) electrons. The SMILES string of the molecule is Cc1cnc2c(c1)nc(CCl)n2C(C)c1cc(C)oc1C. The van der Waals surface area contributed by atoms with E-state index in [2.05, 4.69) is 27.5 Å². The summed E-state index contributed by atoms with van der Waals surface area (Å²) in [5.74, 6) is 3.02. The molecule has 3 heterocycles. The number of halogens is 1. The summed E-state index contributed by atoms with van der Waals surface area (Å²) in [5, 5.41) is 0. The number of fused-ring (bicyclic) bond motifs is 1. The van der Waals surface area contributed by atoms with Crippen LogP contribution in [0.2, 0.25) is 0 Å². The van der Waals surface area contributed by atoms with E-state index >= 15 is 0 Å². The normalized spacial score (nSPS) is 13.0. The fourth-order valence-electron chi connectivity index (χ4n) is 2.84. The third-order valence-electron chi connectivity index (χ3n) is 3.78. The average molecular weight is 304 g/mol. The number of pyridine rings is 1. The van der Waals surface area contributed by atoms with Gasteiger partial charge in [0.1, 0.15) is 22.9 Å². The molecule has 0 bridgehead atoms. The van der Waals surface area contributed by atoms with Crippen LogP contribution in [0.4, 0.5) is 0 Å². The fraction of sp³-hybridized carbons (Fsp3) is 0.375. The van der Waals surface area contributed by atoms with Crippen LogP contribution in [0.25, 0.3) is 11.2 Å². The molecular formula is C16H18ClN3O. The second kappa shape index (κ2) is 5.19. The number of aromatic nitrogens is 3. The Morgan fingerprint density at radius 3 is 2.67 bits per heavy atom. The highest BCUT2D eigenvalue weighted by Crippen LogP contribution is 2.29. The van der Waals surface area contributed by atoms with Crippen molar-refractivity contribution >= 4 is 22.8 Å². The molecule has 0 N–H and O–H groups in total. The molecule has 0 saturated heterocycles. The summed E-state index contributed by atoms with van der Waals surface area (Å²) in [6, 6.07) is 4.18. The van der Waals surface area contributed by atoms with E-state index in [9.17, 15) is 0 Å². The number of aryl methyl sites for hydroxylation is 3. The van der Waals surface area contributed by atoms with Gasteiger partial charge in [0.2, 0.25) is 0 Å². The quantitative estimate of drug-likeness (QED) is 0.678. The third-order valence-corrected chi connectivity index (χ3v) is 4.02. The maximum atomic E-state index is 6.09. The summed E-state index contributed by atoms with van der Waals surface area (Å²) in [7, 11) is 0. The number of nitrogens with zero attached hydrogens (tertiary/aromatic N) is 3. The largest absolute Gasteiger partial charge is 0.466 e. The summed E-state index contributed by atoms with van der Waals surface area (Å²) in [5.41, 5.74) is 3.98. The van der Waals surface area contributed by atoms with Crippen molar-refractivity contribution < 1.29 is 4.42 Å². The summed E-state index contributed by atoms with van der Waals surface area (Å²) in [6.07, 6.45) is 1.86. The second-order valence-corrected chi connectivity index (χ2v) is 5.70. The van der Waals surface area contributed by atoms with E-state index in [0.29, 0.717) is 5.88 Å². The van der Waals surface area contributed by atoms with E-state index < -0.39 is 0 Å². The van der Waals surface area contributed by atoms with Gasteiger partial charge >= 0.3 is 0 Å². The van der Waals surface area contributed by atoms with Crippen molar-refractivity contribution in [3.63, 3.8) is 0 Å². The highest BCUT2D eigenvalue weighted by Gasteiger charge is 2.21. The highest BCUT2D eigenvalue weighted by atomic mass is 35.5. The van der Waals surface area contributed by atoms with E-state index in [1.807, 2.05) is 33.0 Å². The molecule has 0 aliphatic carbocycles. The maximum absolute atomic E-state index is 6.09. The lowest BCUT2D eigenvalue weighted by molar-refractivity contribution is 0.494. The number of rotatable bonds is 3. The van der Waals surface area contributed by atoms with Gasteiger partial charge in [-0.25, -0.2) is 9.97 Å². The minimum atomic E-state index is 0.0800. The van der Waals surface area contributed by atoms with Gasteiger partial charge < -0.3 is 8.98 Å². The molecule has 1 atom stereocenters. The second-order valence-electron chi connectivity index (χ2n) is 5.43. The van der Waals surface area contributed by atoms with Crippen molar-refractivity contribution in [1.82, 2.24) is 14.5 Å². The summed E-state index contributed by atoms with van der Waals surface area (Å²) >= 11 is 6.09. The lowest BCUT2D eigenvalue weighted by Crippen LogP contribution is -2.10. The molecule has 0 amide bonds. The zero-order chi connectivity index (χ0) is 15.1. The van der Waals surface area contributed by atoms with Gasteiger partial charge in [-0.2, -0.15) is 0 Å². The van der Waals surface area contributed by atoms with Crippen LogP contribution in [0.3, 0.4) is 0 Å². The Morgan fingerprint density at radius 2 is 2.05 bits per heavy atom. The standard InChI is InChI=1S/C16H18ClN3O/c1-9-5-14-16(18-8-9)20(15(7-17)19-14)11(3)13-6-10(2)21-12(13)4/h5-6,8,11H,7H2,1-4H3. The monoisotopic (exact) mass is 303 g/mol. The Morgan fingerprint density at radius 1 is 1.29 bits per heavy atom. The van der Waals surface area contributed by atoms with Crippen molar-refractivity contribution in [2.24, 2.45) is 0 Å². The van der Waals surface area contributed by atoms with E-state index in [4.69, 9.17) is 16.0 Å². The lowest BCUT2D eigenvalue weighted by Gasteiger charge is -2.15. The lowest BCUT2D eigenvalue weighted by atomic mass is 10.1. The summed E-state index contributed by atoms with van der Waals surface area (Å²) in [4.78, 5) is 9.16. The first-order valence-electron chi connectivity index (χ1n) is 6.97. The first-order valence-corrected chi connectivity index (χ1v) is 7.51.